The predicted molar refractivity (Wildman–Crippen MR) is 135 cm³/mol. The minimum atomic E-state index is -0.359. The summed E-state index contributed by atoms with van der Waals surface area (Å²) >= 11 is 0. The van der Waals surface area contributed by atoms with Gasteiger partial charge >= 0.3 is 0 Å². The number of hydrogen-bond acceptors (Lipinski definition) is 4. The Kier molecular flexibility index (Phi) is 7.82. The summed E-state index contributed by atoms with van der Waals surface area (Å²) in [6.07, 6.45) is 14.6. The molecular formula is C28H40N4O4+2. The van der Waals surface area contributed by atoms with Crippen LogP contribution in [0.4, 0.5) is 11.4 Å². The van der Waals surface area contributed by atoms with Gasteiger partial charge in [-0.1, -0.05) is 25.7 Å². The van der Waals surface area contributed by atoms with Crippen LogP contribution in [0.1, 0.15) is 89.9 Å². The van der Waals surface area contributed by atoms with E-state index in [0.29, 0.717) is 23.5 Å². The fraction of sp³-hybridized carbons (Fsp3) is 0.643. The molecule has 1 aromatic rings. The Morgan fingerprint density at radius 2 is 0.861 bits per heavy atom. The summed E-state index contributed by atoms with van der Waals surface area (Å²) in [6, 6.07) is 6.83. The number of imide groups is 2. The largest absolute Gasteiger partial charge is 0.333 e. The molecule has 2 heterocycles. The monoisotopic (exact) mass is 496 g/mol. The maximum atomic E-state index is 13.1. The molecule has 4 amide bonds. The summed E-state index contributed by atoms with van der Waals surface area (Å²) in [6.45, 7) is 0. The van der Waals surface area contributed by atoms with Gasteiger partial charge in [0.05, 0.1) is 36.3 Å². The fourth-order valence-electron chi connectivity index (χ4n) is 6.57. The number of amides is 4. The van der Waals surface area contributed by atoms with Crippen LogP contribution in [-0.4, -0.2) is 47.8 Å². The standard InChI is InChI=1S/C28H38N4O4/c33-25-17-23(29-19-9-5-1-2-6-10-19)27(35)31(25)21-13-15-22(16-14-21)32-26(34)18-24(28(32)36)30-20-11-7-3-4-8-12-20/h13-16,19-20,23-24,29-30H,1-12,17-18H2/p+2/t23-,24-/m1/s1. The molecular weight excluding hydrogens is 456 g/mol. The summed E-state index contributed by atoms with van der Waals surface area (Å²) in [4.78, 5) is 54.3. The van der Waals surface area contributed by atoms with Crippen molar-refractivity contribution >= 4 is 35.0 Å². The van der Waals surface area contributed by atoms with Gasteiger partial charge in [0, 0.05) is 0 Å². The number of carbonyl (C=O) groups excluding carboxylic acids is 4. The topological polar surface area (TPSA) is 108 Å². The zero-order valence-electron chi connectivity index (χ0n) is 21.2. The molecule has 0 aromatic heterocycles. The molecule has 5 rings (SSSR count). The van der Waals surface area contributed by atoms with Crippen LogP contribution in [0.5, 0.6) is 0 Å². The molecule has 0 unspecified atom stereocenters. The number of quaternary nitrogens is 2. The Morgan fingerprint density at radius 1 is 0.528 bits per heavy atom. The van der Waals surface area contributed by atoms with Gasteiger partial charge in [0.25, 0.3) is 11.8 Å². The van der Waals surface area contributed by atoms with Crippen LogP contribution in [0.25, 0.3) is 0 Å². The van der Waals surface area contributed by atoms with Gasteiger partial charge in [-0.2, -0.15) is 0 Å². The Hall–Kier alpha value is -2.58. The van der Waals surface area contributed by atoms with Crippen molar-refractivity contribution in [2.75, 3.05) is 9.80 Å². The number of hydrogen-bond donors (Lipinski definition) is 2. The lowest BCUT2D eigenvalue weighted by atomic mass is 10.1. The second kappa shape index (κ2) is 11.2. The van der Waals surface area contributed by atoms with E-state index in [9.17, 15) is 19.2 Å². The third kappa shape index (κ3) is 5.39. The second-order valence-corrected chi connectivity index (χ2v) is 11.2. The Bertz CT molecular complexity index is 899. The summed E-state index contributed by atoms with van der Waals surface area (Å²) in [5.74, 6) is -0.699. The second-order valence-electron chi connectivity index (χ2n) is 11.2. The van der Waals surface area contributed by atoms with Crippen LogP contribution in [0.3, 0.4) is 0 Å². The molecule has 0 radical (unpaired) electrons. The summed E-state index contributed by atoms with van der Waals surface area (Å²) in [7, 11) is 0. The van der Waals surface area contributed by atoms with Crippen molar-refractivity contribution in [2.24, 2.45) is 0 Å². The van der Waals surface area contributed by atoms with Gasteiger partial charge in [-0.15, -0.1) is 0 Å². The van der Waals surface area contributed by atoms with Gasteiger partial charge in [0.15, 0.2) is 12.1 Å². The maximum absolute atomic E-state index is 13.1. The predicted octanol–water partition coefficient (Wildman–Crippen LogP) is 1.52. The molecule has 1 aromatic carbocycles. The third-order valence-corrected chi connectivity index (χ3v) is 8.54. The maximum Gasteiger partial charge on any atom is 0.292 e. The van der Waals surface area contributed by atoms with Crippen LogP contribution >= 0.6 is 0 Å². The summed E-state index contributed by atoms with van der Waals surface area (Å²) in [5.41, 5.74) is 1.01. The Balaban J connectivity index is 1.23. The lowest BCUT2D eigenvalue weighted by molar-refractivity contribution is -0.709. The molecule has 4 fully saturated rings. The molecule has 2 atom stereocenters. The molecule has 4 N–H and O–H groups in total. The van der Waals surface area contributed by atoms with Crippen molar-refractivity contribution in [1.82, 2.24) is 0 Å². The Morgan fingerprint density at radius 3 is 1.19 bits per heavy atom. The smallest absolute Gasteiger partial charge is 0.292 e. The Labute approximate surface area is 213 Å². The van der Waals surface area contributed by atoms with Crippen LogP contribution < -0.4 is 20.4 Å². The molecule has 4 aliphatic rings. The van der Waals surface area contributed by atoms with Crippen LogP contribution in [0.15, 0.2) is 24.3 Å². The van der Waals surface area contributed by atoms with Gasteiger partial charge in [-0.05, 0) is 75.6 Å². The van der Waals surface area contributed by atoms with Crippen molar-refractivity contribution in [2.45, 2.75) is 114 Å². The van der Waals surface area contributed by atoms with Crippen LogP contribution in [0.2, 0.25) is 0 Å². The third-order valence-electron chi connectivity index (χ3n) is 8.54. The zero-order chi connectivity index (χ0) is 25.1. The minimum Gasteiger partial charge on any atom is -0.333 e. The van der Waals surface area contributed by atoms with E-state index in [1.165, 1.54) is 61.2 Å². The van der Waals surface area contributed by atoms with Gasteiger partial charge in [-0.25, -0.2) is 9.80 Å². The summed E-state index contributed by atoms with van der Waals surface area (Å²) in [5, 5.41) is 4.23. The van der Waals surface area contributed by atoms with E-state index in [-0.39, 0.29) is 48.6 Å². The first-order valence-electron chi connectivity index (χ1n) is 14.0. The van der Waals surface area contributed by atoms with E-state index in [1.54, 1.807) is 24.3 Å². The average Bonchev–Trinajstić information content (AvgIpc) is 3.12. The lowest BCUT2D eigenvalue weighted by Gasteiger charge is -2.19. The number of nitrogens with zero attached hydrogens (tertiary/aromatic N) is 2. The van der Waals surface area contributed by atoms with Crippen molar-refractivity contribution in [3.05, 3.63) is 24.3 Å². The molecule has 0 bridgehead atoms. The molecule has 0 spiro atoms. The molecule has 194 valence electrons. The van der Waals surface area contributed by atoms with Gasteiger partial charge in [-0.3, -0.25) is 19.2 Å². The molecule has 2 saturated carbocycles. The SMILES string of the molecule is O=C1C[C@@H]([NH2+]C2CCCCCC2)C(=O)N1c1ccc(N2C(=O)C[C@@H]([NH2+]C3CCCCCC3)C2=O)cc1. The fourth-order valence-corrected chi connectivity index (χ4v) is 6.57. The van der Waals surface area contributed by atoms with E-state index < -0.39 is 0 Å². The number of rotatable bonds is 6. The highest BCUT2D eigenvalue weighted by Gasteiger charge is 2.45. The average molecular weight is 497 g/mol. The highest BCUT2D eigenvalue weighted by Crippen LogP contribution is 2.28. The van der Waals surface area contributed by atoms with Crippen LogP contribution in [0, 0.1) is 0 Å². The normalized spacial score (nSPS) is 27.1. The lowest BCUT2D eigenvalue weighted by Crippen LogP contribution is -2.96. The van der Waals surface area contributed by atoms with Crippen molar-refractivity contribution in [3.8, 4) is 0 Å². The molecule has 8 heteroatoms. The number of anilines is 2. The molecule has 8 nitrogen and oxygen atoms in total. The number of nitrogens with two attached hydrogens (primary N) is 2. The van der Waals surface area contributed by atoms with Crippen molar-refractivity contribution < 1.29 is 29.8 Å². The van der Waals surface area contributed by atoms with Crippen LogP contribution in [-0.2, 0) is 19.2 Å². The van der Waals surface area contributed by atoms with Crippen molar-refractivity contribution in [3.63, 3.8) is 0 Å². The molecule has 36 heavy (non-hydrogen) atoms. The molecule has 2 aliphatic carbocycles. The van der Waals surface area contributed by atoms with Gasteiger partial charge < -0.3 is 10.6 Å². The first-order chi connectivity index (χ1) is 17.5. The number of carbonyl (C=O) groups is 4. The van der Waals surface area contributed by atoms with Gasteiger partial charge in [0.1, 0.15) is 0 Å². The van der Waals surface area contributed by atoms with E-state index in [0.717, 1.165) is 25.7 Å². The molecule has 2 saturated heterocycles. The first-order valence-corrected chi connectivity index (χ1v) is 14.0. The number of benzene rings is 1. The minimum absolute atomic E-state index is 0.164. The van der Waals surface area contributed by atoms with E-state index >= 15 is 0 Å². The highest BCUT2D eigenvalue weighted by molar-refractivity contribution is 6.23. The van der Waals surface area contributed by atoms with E-state index in [1.807, 2.05) is 0 Å². The zero-order valence-corrected chi connectivity index (χ0v) is 21.2. The molecule has 2 aliphatic heterocycles. The summed E-state index contributed by atoms with van der Waals surface area (Å²) < 4.78 is 0. The van der Waals surface area contributed by atoms with Crippen molar-refractivity contribution in [1.29, 1.82) is 0 Å². The van der Waals surface area contributed by atoms with E-state index in [4.69, 9.17) is 0 Å². The van der Waals surface area contributed by atoms with Gasteiger partial charge in [0.2, 0.25) is 11.8 Å². The highest BCUT2D eigenvalue weighted by atomic mass is 16.2. The van der Waals surface area contributed by atoms with E-state index in [2.05, 4.69) is 10.6 Å². The first kappa shape index (κ1) is 25.1. The quantitative estimate of drug-likeness (QED) is 0.460.